The van der Waals surface area contributed by atoms with Crippen LogP contribution in [0.15, 0.2) is 5.16 Å². The Hall–Kier alpha value is -0.530. The lowest BCUT2D eigenvalue weighted by atomic mass is 9.81. The largest absolute Gasteiger partial charge is 0.411 e. The first-order valence-electron chi connectivity index (χ1n) is 5.11. The molecule has 4 atom stereocenters. The Kier molecular flexibility index (Phi) is 1.29. The van der Waals surface area contributed by atoms with E-state index in [2.05, 4.69) is 5.16 Å². The van der Waals surface area contributed by atoms with Crippen LogP contribution in [0.5, 0.6) is 0 Å². The van der Waals surface area contributed by atoms with E-state index in [1.807, 2.05) is 0 Å². The van der Waals surface area contributed by atoms with Crippen molar-refractivity contribution < 1.29 is 5.21 Å². The molecule has 0 amide bonds. The summed E-state index contributed by atoms with van der Waals surface area (Å²) in [4.78, 5) is 0. The fraction of sp³-hybridized carbons (Fsp3) is 0.900. The third-order valence-electron chi connectivity index (χ3n) is 4.33. The normalized spacial score (nSPS) is 53.5. The van der Waals surface area contributed by atoms with Gasteiger partial charge in [-0.2, -0.15) is 0 Å². The van der Waals surface area contributed by atoms with E-state index in [-0.39, 0.29) is 0 Å². The van der Waals surface area contributed by atoms with Crippen molar-refractivity contribution in [3.63, 3.8) is 0 Å². The van der Waals surface area contributed by atoms with Crippen LogP contribution in [0.1, 0.15) is 32.1 Å². The summed E-state index contributed by atoms with van der Waals surface area (Å²) in [7, 11) is 0. The SMILES string of the molecule is O/N=C1/C[C@H]2C[C@H]1[C@@H]1CCC[C@H]21. The number of fused-ring (bicyclic) bond motifs is 5. The maximum Gasteiger partial charge on any atom is 0.0607 e. The summed E-state index contributed by atoms with van der Waals surface area (Å²) in [6.07, 6.45) is 6.69. The predicted octanol–water partition coefficient (Wildman–Crippen LogP) is 2.27. The Morgan fingerprint density at radius 1 is 1.25 bits per heavy atom. The van der Waals surface area contributed by atoms with Gasteiger partial charge >= 0.3 is 0 Å². The summed E-state index contributed by atoms with van der Waals surface area (Å²) in [6, 6.07) is 0. The van der Waals surface area contributed by atoms with E-state index in [4.69, 9.17) is 5.21 Å². The summed E-state index contributed by atoms with van der Waals surface area (Å²) >= 11 is 0. The minimum Gasteiger partial charge on any atom is -0.411 e. The molecule has 0 saturated heterocycles. The number of oxime groups is 1. The molecule has 2 heteroatoms. The van der Waals surface area contributed by atoms with E-state index in [0.717, 1.165) is 29.9 Å². The van der Waals surface area contributed by atoms with Gasteiger partial charge in [0.05, 0.1) is 5.71 Å². The first kappa shape index (κ1) is 6.93. The van der Waals surface area contributed by atoms with Gasteiger partial charge in [0.15, 0.2) is 0 Å². The van der Waals surface area contributed by atoms with Crippen molar-refractivity contribution in [1.29, 1.82) is 0 Å². The summed E-state index contributed by atoms with van der Waals surface area (Å²) < 4.78 is 0. The zero-order chi connectivity index (χ0) is 8.13. The Morgan fingerprint density at radius 3 is 2.92 bits per heavy atom. The van der Waals surface area contributed by atoms with Crippen LogP contribution in [-0.4, -0.2) is 10.9 Å². The molecule has 0 aromatic heterocycles. The van der Waals surface area contributed by atoms with Crippen molar-refractivity contribution in [2.75, 3.05) is 0 Å². The zero-order valence-electron chi connectivity index (χ0n) is 7.24. The molecule has 3 saturated carbocycles. The molecule has 0 radical (unpaired) electrons. The molecular formula is C10H15NO. The van der Waals surface area contributed by atoms with Crippen molar-refractivity contribution in [2.24, 2.45) is 28.8 Å². The van der Waals surface area contributed by atoms with Crippen molar-refractivity contribution in [1.82, 2.24) is 0 Å². The number of hydrogen-bond acceptors (Lipinski definition) is 2. The first-order chi connectivity index (χ1) is 5.90. The van der Waals surface area contributed by atoms with Gasteiger partial charge in [0, 0.05) is 5.92 Å². The molecule has 0 aromatic carbocycles. The molecule has 66 valence electrons. The molecule has 3 rings (SSSR count). The number of nitrogens with zero attached hydrogens (tertiary/aromatic N) is 1. The highest BCUT2D eigenvalue weighted by Crippen LogP contribution is 2.57. The molecule has 3 aliphatic rings. The average Bonchev–Trinajstić information content (AvgIpc) is 2.75. The molecule has 1 N–H and O–H groups in total. The minimum absolute atomic E-state index is 0.674. The molecule has 2 nitrogen and oxygen atoms in total. The standard InChI is InChI=1S/C10H15NO/c12-11-10-5-6-4-9(10)8-3-1-2-7(6)8/h6-9,12H,1-5H2/b11-10-/t6-,7-,8-,9+/m1/s1. The second kappa shape index (κ2) is 2.24. The van der Waals surface area contributed by atoms with Gasteiger partial charge in [-0.25, -0.2) is 0 Å². The smallest absolute Gasteiger partial charge is 0.0607 e. The summed E-state index contributed by atoms with van der Waals surface area (Å²) in [5.74, 6) is 3.45. The number of rotatable bonds is 0. The lowest BCUT2D eigenvalue weighted by molar-refractivity contribution is 0.293. The summed E-state index contributed by atoms with van der Waals surface area (Å²) in [5.41, 5.74) is 1.11. The van der Waals surface area contributed by atoms with E-state index in [1.165, 1.54) is 25.7 Å². The maximum absolute atomic E-state index is 8.80. The van der Waals surface area contributed by atoms with Crippen LogP contribution in [0, 0.1) is 23.7 Å². The molecule has 2 bridgehead atoms. The van der Waals surface area contributed by atoms with Gasteiger partial charge in [-0.3, -0.25) is 0 Å². The van der Waals surface area contributed by atoms with Crippen LogP contribution in [0.2, 0.25) is 0 Å². The van der Waals surface area contributed by atoms with Crippen LogP contribution in [0.25, 0.3) is 0 Å². The summed E-state index contributed by atoms with van der Waals surface area (Å²) in [5, 5.41) is 12.2. The Balaban J connectivity index is 1.92. The zero-order valence-corrected chi connectivity index (χ0v) is 7.24. The molecule has 0 unspecified atom stereocenters. The molecule has 0 spiro atoms. The van der Waals surface area contributed by atoms with Crippen LogP contribution in [0.3, 0.4) is 0 Å². The quantitative estimate of drug-likeness (QED) is 0.433. The first-order valence-corrected chi connectivity index (χ1v) is 5.11. The van der Waals surface area contributed by atoms with E-state index >= 15 is 0 Å². The van der Waals surface area contributed by atoms with Crippen molar-refractivity contribution >= 4 is 5.71 Å². The Morgan fingerprint density at radius 2 is 2.08 bits per heavy atom. The van der Waals surface area contributed by atoms with Crippen LogP contribution < -0.4 is 0 Å². The monoisotopic (exact) mass is 165 g/mol. The minimum atomic E-state index is 0.674. The van der Waals surface area contributed by atoms with Gasteiger partial charge in [0.1, 0.15) is 0 Å². The second-order valence-corrected chi connectivity index (χ2v) is 4.66. The molecule has 0 aliphatic heterocycles. The van der Waals surface area contributed by atoms with Gasteiger partial charge in [0.25, 0.3) is 0 Å². The second-order valence-electron chi connectivity index (χ2n) is 4.66. The van der Waals surface area contributed by atoms with Gasteiger partial charge < -0.3 is 5.21 Å². The third-order valence-corrected chi connectivity index (χ3v) is 4.33. The van der Waals surface area contributed by atoms with Crippen molar-refractivity contribution in [2.45, 2.75) is 32.1 Å². The molecule has 0 aromatic rings. The molecular weight excluding hydrogens is 150 g/mol. The van der Waals surface area contributed by atoms with Crippen molar-refractivity contribution in [3.8, 4) is 0 Å². The van der Waals surface area contributed by atoms with E-state index in [0.29, 0.717) is 5.92 Å². The lowest BCUT2D eigenvalue weighted by Crippen LogP contribution is -2.24. The average molecular weight is 165 g/mol. The van der Waals surface area contributed by atoms with Gasteiger partial charge in [-0.1, -0.05) is 11.6 Å². The fourth-order valence-electron chi connectivity index (χ4n) is 3.93. The topological polar surface area (TPSA) is 32.6 Å². The maximum atomic E-state index is 8.80. The predicted molar refractivity (Wildman–Crippen MR) is 46.3 cm³/mol. The highest BCUT2D eigenvalue weighted by Gasteiger charge is 2.52. The van der Waals surface area contributed by atoms with E-state index < -0.39 is 0 Å². The third kappa shape index (κ3) is 0.686. The van der Waals surface area contributed by atoms with Crippen LogP contribution >= 0.6 is 0 Å². The van der Waals surface area contributed by atoms with Crippen molar-refractivity contribution in [3.05, 3.63) is 0 Å². The number of hydrogen-bond donors (Lipinski definition) is 1. The Labute approximate surface area is 72.6 Å². The molecule has 12 heavy (non-hydrogen) atoms. The lowest BCUT2D eigenvalue weighted by Gasteiger charge is -2.24. The van der Waals surface area contributed by atoms with E-state index in [1.54, 1.807) is 0 Å². The highest BCUT2D eigenvalue weighted by molar-refractivity contribution is 5.89. The fourth-order valence-corrected chi connectivity index (χ4v) is 3.93. The Bertz CT molecular complexity index is 236. The van der Waals surface area contributed by atoms with Crippen LogP contribution in [-0.2, 0) is 0 Å². The van der Waals surface area contributed by atoms with E-state index in [9.17, 15) is 0 Å². The summed E-state index contributed by atoms with van der Waals surface area (Å²) in [6.45, 7) is 0. The van der Waals surface area contributed by atoms with Gasteiger partial charge in [-0.05, 0) is 43.4 Å². The van der Waals surface area contributed by atoms with Crippen LogP contribution in [0.4, 0.5) is 0 Å². The van der Waals surface area contributed by atoms with Gasteiger partial charge in [0.2, 0.25) is 0 Å². The molecule has 0 heterocycles. The highest BCUT2D eigenvalue weighted by atomic mass is 16.4. The molecule has 3 aliphatic carbocycles. The molecule has 3 fully saturated rings. The van der Waals surface area contributed by atoms with Gasteiger partial charge in [-0.15, -0.1) is 0 Å².